The number of nitrogens with zero attached hydrogens (tertiary/aromatic N) is 2. The molecule has 0 aromatic heterocycles. The lowest BCUT2D eigenvalue weighted by molar-refractivity contribution is -0.121. The van der Waals surface area contributed by atoms with Gasteiger partial charge < -0.3 is 10.2 Å². The van der Waals surface area contributed by atoms with Crippen molar-refractivity contribution in [3.63, 3.8) is 0 Å². The predicted molar refractivity (Wildman–Crippen MR) is 114 cm³/mol. The van der Waals surface area contributed by atoms with Gasteiger partial charge in [0, 0.05) is 37.4 Å². The normalized spacial score (nSPS) is 11.5. The number of halogens is 1. The van der Waals surface area contributed by atoms with Gasteiger partial charge in [0.25, 0.3) is 0 Å². The van der Waals surface area contributed by atoms with Gasteiger partial charge >= 0.3 is 0 Å². The number of benzene rings is 2. The number of carbonyl (C=O) groups excluding carboxylic acids is 1. The van der Waals surface area contributed by atoms with E-state index < -0.39 is 21.7 Å². The van der Waals surface area contributed by atoms with Crippen molar-refractivity contribution in [2.24, 2.45) is 0 Å². The summed E-state index contributed by atoms with van der Waals surface area (Å²) in [5.41, 5.74) is 2.24. The zero-order chi connectivity index (χ0) is 21.4. The summed E-state index contributed by atoms with van der Waals surface area (Å²) >= 11 is 0. The molecule has 2 aromatic rings. The molecule has 0 radical (unpaired) electrons. The van der Waals surface area contributed by atoms with Crippen molar-refractivity contribution in [1.82, 2.24) is 9.62 Å². The fraction of sp³-hybridized carbons (Fsp3) is 0.381. The summed E-state index contributed by atoms with van der Waals surface area (Å²) in [6.45, 7) is 5.72. The Morgan fingerprint density at radius 1 is 1.03 bits per heavy atom. The minimum atomic E-state index is -3.68. The molecule has 0 bridgehead atoms. The Labute approximate surface area is 172 Å². The fourth-order valence-electron chi connectivity index (χ4n) is 2.94. The van der Waals surface area contributed by atoms with Crippen LogP contribution >= 0.6 is 0 Å². The van der Waals surface area contributed by atoms with E-state index in [9.17, 15) is 17.6 Å². The molecular formula is C21H28FN3O3S. The first-order chi connectivity index (χ1) is 13.7. The third-order valence-corrected chi connectivity index (χ3v) is 5.84. The Morgan fingerprint density at radius 3 is 2.21 bits per heavy atom. The molecule has 0 atom stereocenters. The second-order valence-electron chi connectivity index (χ2n) is 6.74. The molecule has 2 rings (SSSR count). The van der Waals surface area contributed by atoms with E-state index in [1.54, 1.807) is 6.07 Å². The Hall–Kier alpha value is -2.45. The van der Waals surface area contributed by atoms with Gasteiger partial charge in [0.05, 0.1) is 12.8 Å². The number of anilines is 1. The first-order valence-corrected chi connectivity index (χ1v) is 11.4. The summed E-state index contributed by atoms with van der Waals surface area (Å²) in [6.07, 6.45) is 1.01. The topological polar surface area (TPSA) is 69.7 Å². The molecule has 0 saturated heterocycles. The molecule has 1 amide bonds. The second-order valence-corrected chi connectivity index (χ2v) is 8.72. The maximum Gasteiger partial charge on any atom is 0.235 e. The number of nitrogens with one attached hydrogen (secondary N) is 1. The maximum absolute atomic E-state index is 13.9. The standard InChI is InChI=1S/C21H28FN3O3S/c1-4-24(5-2)19-12-10-17(11-13-19)14-23-21(26)16-25(29(3,27)28)15-18-8-6-7-9-20(18)22/h6-13H,4-5,14-16H2,1-3H3,(H,23,26). The van der Waals surface area contributed by atoms with Crippen LogP contribution < -0.4 is 10.2 Å². The van der Waals surface area contributed by atoms with Gasteiger partial charge in [0.1, 0.15) is 5.82 Å². The monoisotopic (exact) mass is 421 g/mol. The van der Waals surface area contributed by atoms with Gasteiger partial charge in [-0.15, -0.1) is 0 Å². The lowest BCUT2D eigenvalue weighted by atomic mass is 10.2. The SMILES string of the molecule is CCN(CC)c1ccc(CNC(=O)CN(Cc2ccccc2F)S(C)(=O)=O)cc1. The molecule has 0 spiro atoms. The van der Waals surface area contributed by atoms with Crippen LogP contribution in [-0.2, 0) is 27.9 Å². The molecule has 0 unspecified atom stereocenters. The van der Waals surface area contributed by atoms with E-state index in [0.717, 1.165) is 34.9 Å². The van der Waals surface area contributed by atoms with Crippen LogP contribution in [0.25, 0.3) is 0 Å². The number of amides is 1. The highest BCUT2D eigenvalue weighted by molar-refractivity contribution is 7.88. The van der Waals surface area contributed by atoms with E-state index in [4.69, 9.17) is 0 Å². The molecular weight excluding hydrogens is 393 g/mol. The highest BCUT2D eigenvalue weighted by Gasteiger charge is 2.21. The van der Waals surface area contributed by atoms with Crippen molar-refractivity contribution >= 4 is 21.6 Å². The van der Waals surface area contributed by atoms with Crippen molar-refractivity contribution in [3.05, 3.63) is 65.5 Å². The first kappa shape index (κ1) is 22.8. The largest absolute Gasteiger partial charge is 0.372 e. The van der Waals surface area contributed by atoms with Crippen molar-refractivity contribution in [2.75, 3.05) is 30.8 Å². The predicted octanol–water partition coefficient (Wildman–Crippen LogP) is 2.75. The molecule has 158 valence electrons. The van der Waals surface area contributed by atoms with Crippen molar-refractivity contribution in [3.8, 4) is 0 Å². The maximum atomic E-state index is 13.9. The number of hydrogen-bond acceptors (Lipinski definition) is 4. The zero-order valence-corrected chi connectivity index (χ0v) is 17.9. The Morgan fingerprint density at radius 2 is 1.66 bits per heavy atom. The Bertz CT molecular complexity index is 913. The van der Waals surface area contributed by atoms with Crippen molar-refractivity contribution in [2.45, 2.75) is 26.9 Å². The second kappa shape index (κ2) is 10.4. The van der Waals surface area contributed by atoms with Gasteiger partial charge in [0.15, 0.2) is 0 Å². The molecule has 0 fully saturated rings. The molecule has 1 N–H and O–H groups in total. The molecule has 0 aliphatic rings. The molecule has 0 aliphatic carbocycles. The van der Waals surface area contributed by atoms with Gasteiger partial charge in [-0.1, -0.05) is 30.3 Å². The lowest BCUT2D eigenvalue weighted by Crippen LogP contribution is -2.39. The number of carbonyl (C=O) groups is 1. The van der Waals surface area contributed by atoms with E-state index >= 15 is 0 Å². The molecule has 0 heterocycles. The summed E-state index contributed by atoms with van der Waals surface area (Å²) in [5, 5.41) is 2.73. The average molecular weight is 422 g/mol. The minimum absolute atomic E-state index is 0.197. The fourth-order valence-corrected chi connectivity index (χ4v) is 3.66. The van der Waals surface area contributed by atoms with Gasteiger partial charge in [0.2, 0.25) is 15.9 Å². The third-order valence-electron chi connectivity index (χ3n) is 4.65. The average Bonchev–Trinajstić information content (AvgIpc) is 2.68. The van der Waals surface area contributed by atoms with Crippen LogP contribution in [0.15, 0.2) is 48.5 Å². The van der Waals surface area contributed by atoms with Crippen LogP contribution in [0.1, 0.15) is 25.0 Å². The number of rotatable bonds is 10. The first-order valence-electron chi connectivity index (χ1n) is 9.53. The Balaban J connectivity index is 1.97. The number of sulfonamides is 1. The molecule has 29 heavy (non-hydrogen) atoms. The summed E-state index contributed by atoms with van der Waals surface area (Å²) in [7, 11) is -3.68. The van der Waals surface area contributed by atoms with Gasteiger partial charge in [-0.3, -0.25) is 4.79 Å². The van der Waals surface area contributed by atoms with Gasteiger partial charge in [-0.2, -0.15) is 4.31 Å². The van der Waals surface area contributed by atoms with Crippen LogP contribution in [0.3, 0.4) is 0 Å². The third kappa shape index (κ3) is 6.83. The van der Waals surface area contributed by atoms with E-state index in [1.807, 2.05) is 24.3 Å². The van der Waals surface area contributed by atoms with Crippen LogP contribution in [0.4, 0.5) is 10.1 Å². The smallest absolute Gasteiger partial charge is 0.235 e. The summed E-state index contributed by atoms with van der Waals surface area (Å²) in [4.78, 5) is 14.5. The molecule has 0 aliphatic heterocycles. The summed E-state index contributed by atoms with van der Waals surface area (Å²) in [6, 6.07) is 13.8. The highest BCUT2D eigenvalue weighted by Crippen LogP contribution is 2.15. The van der Waals surface area contributed by atoms with Crippen molar-refractivity contribution in [1.29, 1.82) is 0 Å². The van der Waals surface area contributed by atoms with E-state index in [2.05, 4.69) is 24.1 Å². The Kier molecular flexibility index (Phi) is 8.16. The van der Waals surface area contributed by atoms with E-state index in [-0.39, 0.29) is 25.2 Å². The molecule has 2 aromatic carbocycles. The highest BCUT2D eigenvalue weighted by atomic mass is 32.2. The lowest BCUT2D eigenvalue weighted by Gasteiger charge is -2.21. The van der Waals surface area contributed by atoms with Gasteiger partial charge in [-0.25, -0.2) is 12.8 Å². The number of hydrogen-bond donors (Lipinski definition) is 1. The minimum Gasteiger partial charge on any atom is -0.372 e. The van der Waals surface area contributed by atoms with Crippen LogP contribution in [0.2, 0.25) is 0 Å². The summed E-state index contributed by atoms with van der Waals surface area (Å²) < 4.78 is 38.9. The summed E-state index contributed by atoms with van der Waals surface area (Å²) in [5.74, 6) is -0.950. The quantitative estimate of drug-likeness (QED) is 0.641. The van der Waals surface area contributed by atoms with Crippen LogP contribution in [0.5, 0.6) is 0 Å². The zero-order valence-electron chi connectivity index (χ0n) is 17.1. The van der Waals surface area contributed by atoms with Crippen LogP contribution in [0, 0.1) is 5.82 Å². The van der Waals surface area contributed by atoms with Gasteiger partial charge in [-0.05, 0) is 37.6 Å². The van der Waals surface area contributed by atoms with Crippen molar-refractivity contribution < 1.29 is 17.6 Å². The molecule has 0 saturated carbocycles. The van der Waals surface area contributed by atoms with E-state index in [1.165, 1.54) is 18.2 Å². The van der Waals surface area contributed by atoms with E-state index in [0.29, 0.717) is 0 Å². The van der Waals surface area contributed by atoms with Crippen LogP contribution in [-0.4, -0.2) is 44.5 Å². The molecule has 6 nitrogen and oxygen atoms in total. The molecule has 8 heteroatoms.